The Labute approximate surface area is 184 Å². The van der Waals surface area contributed by atoms with Crippen molar-refractivity contribution in [2.75, 3.05) is 33.8 Å². The number of carbonyl (C=O) groups is 1. The van der Waals surface area contributed by atoms with Gasteiger partial charge < -0.3 is 20.3 Å². The van der Waals surface area contributed by atoms with Gasteiger partial charge in [-0.15, -0.1) is 24.0 Å². The standard InChI is InChI=1S/C19H29ClN4O2.HI/c1-14(16-9-4-5-10-17(16)20)23-19(22-13-18(25)24(2)3)21-12-15-8-6-7-11-26-15;/h4-5,9-10,14-15H,6-8,11-13H2,1-3H3,(H2,21,22,23);1H. The number of halogens is 2. The first-order valence-corrected chi connectivity index (χ1v) is 9.46. The van der Waals surface area contributed by atoms with Crippen molar-refractivity contribution >= 4 is 47.4 Å². The van der Waals surface area contributed by atoms with Gasteiger partial charge in [-0.2, -0.15) is 0 Å². The molecule has 152 valence electrons. The van der Waals surface area contributed by atoms with Gasteiger partial charge in [0.1, 0.15) is 6.54 Å². The van der Waals surface area contributed by atoms with Gasteiger partial charge in [0.05, 0.1) is 12.1 Å². The molecule has 1 aromatic carbocycles. The summed E-state index contributed by atoms with van der Waals surface area (Å²) >= 11 is 6.29. The van der Waals surface area contributed by atoms with Crippen molar-refractivity contribution in [3.63, 3.8) is 0 Å². The highest BCUT2D eigenvalue weighted by Gasteiger charge is 2.16. The lowest BCUT2D eigenvalue weighted by Crippen LogP contribution is -2.44. The van der Waals surface area contributed by atoms with E-state index in [1.807, 2.05) is 31.2 Å². The molecule has 1 fully saturated rings. The van der Waals surface area contributed by atoms with Gasteiger partial charge in [0.25, 0.3) is 0 Å². The van der Waals surface area contributed by atoms with Crippen molar-refractivity contribution in [3.8, 4) is 0 Å². The van der Waals surface area contributed by atoms with E-state index in [2.05, 4.69) is 15.6 Å². The molecule has 1 heterocycles. The predicted molar refractivity (Wildman–Crippen MR) is 121 cm³/mol. The smallest absolute Gasteiger partial charge is 0.243 e. The number of ether oxygens (including phenoxy) is 1. The number of rotatable bonds is 6. The summed E-state index contributed by atoms with van der Waals surface area (Å²) < 4.78 is 5.76. The number of aliphatic imine (C=N–C) groups is 1. The SMILES string of the molecule is CC(NC(=NCC(=O)N(C)C)NCC1CCCCO1)c1ccccc1Cl.I. The first-order valence-electron chi connectivity index (χ1n) is 9.08. The van der Waals surface area contributed by atoms with Crippen molar-refractivity contribution in [2.24, 2.45) is 4.99 Å². The minimum absolute atomic E-state index is 0. The average molecular weight is 509 g/mol. The van der Waals surface area contributed by atoms with E-state index < -0.39 is 0 Å². The second-order valence-electron chi connectivity index (χ2n) is 6.71. The van der Waals surface area contributed by atoms with Crippen LogP contribution in [0, 0.1) is 0 Å². The molecule has 0 bridgehead atoms. The maximum absolute atomic E-state index is 11.9. The molecule has 0 aromatic heterocycles. The Morgan fingerprint density at radius 1 is 1.37 bits per heavy atom. The van der Waals surface area contributed by atoms with Crippen LogP contribution in [-0.4, -0.2) is 56.7 Å². The summed E-state index contributed by atoms with van der Waals surface area (Å²) in [5, 5.41) is 7.34. The van der Waals surface area contributed by atoms with Gasteiger partial charge in [-0.25, -0.2) is 4.99 Å². The Balaban J connectivity index is 0.00000364. The van der Waals surface area contributed by atoms with Crippen LogP contribution >= 0.6 is 35.6 Å². The Bertz CT molecular complexity index is 621. The molecule has 0 radical (unpaired) electrons. The number of nitrogens with zero attached hydrogens (tertiary/aromatic N) is 2. The molecule has 6 nitrogen and oxygen atoms in total. The second-order valence-corrected chi connectivity index (χ2v) is 7.12. The zero-order valence-corrected chi connectivity index (χ0v) is 19.3. The van der Waals surface area contributed by atoms with Crippen LogP contribution in [0.25, 0.3) is 0 Å². The summed E-state index contributed by atoms with van der Waals surface area (Å²) in [5.41, 5.74) is 0.983. The van der Waals surface area contributed by atoms with Gasteiger partial charge in [0, 0.05) is 32.3 Å². The normalized spacial score (nSPS) is 18.2. The largest absolute Gasteiger partial charge is 0.376 e. The molecule has 0 aliphatic carbocycles. The van der Waals surface area contributed by atoms with E-state index in [9.17, 15) is 4.79 Å². The van der Waals surface area contributed by atoms with E-state index in [0.29, 0.717) is 17.5 Å². The number of likely N-dealkylation sites (N-methyl/N-ethyl adjacent to an activating group) is 1. The third-order valence-corrected chi connectivity index (χ3v) is 4.71. The summed E-state index contributed by atoms with van der Waals surface area (Å²) in [4.78, 5) is 17.8. The molecule has 8 heteroatoms. The quantitative estimate of drug-likeness (QED) is 0.352. The minimum Gasteiger partial charge on any atom is -0.376 e. The molecule has 0 saturated carbocycles. The Kier molecular flexibility index (Phi) is 11.0. The average Bonchev–Trinajstić information content (AvgIpc) is 2.64. The number of carbonyl (C=O) groups excluding carboxylic acids is 1. The first kappa shape index (κ1) is 24.0. The molecule has 27 heavy (non-hydrogen) atoms. The molecular weight excluding hydrogens is 479 g/mol. The van der Waals surface area contributed by atoms with Crippen molar-refractivity contribution in [2.45, 2.75) is 38.3 Å². The maximum atomic E-state index is 11.9. The first-order chi connectivity index (χ1) is 12.5. The summed E-state index contributed by atoms with van der Waals surface area (Å²) in [6.45, 7) is 3.57. The predicted octanol–water partition coefficient (Wildman–Crippen LogP) is 3.21. The van der Waals surface area contributed by atoms with Crippen LogP contribution in [0.15, 0.2) is 29.3 Å². The Morgan fingerprint density at radius 2 is 2.11 bits per heavy atom. The minimum atomic E-state index is -0.0505. The van der Waals surface area contributed by atoms with Crippen LogP contribution in [0.1, 0.15) is 37.8 Å². The monoisotopic (exact) mass is 508 g/mol. The number of benzene rings is 1. The summed E-state index contributed by atoms with van der Waals surface area (Å²) in [6, 6.07) is 7.66. The van der Waals surface area contributed by atoms with Gasteiger partial charge in [-0.1, -0.05) is 29.8 Å². The molecule has 2 atom stereocenters. The van der Waals surface area contributed by atoms with Gasteiger partial charge in [-0.05, 0) is 37.8 Å². The fraction of sp³-hybridized carbons (Fsp3) is 0.579. The molecular formula is C19H30ClIN4O2. The third kappa shape index (κ3) is 8.23. The fourth-order valence-corrected chi connectivity index (χ4v) is 3.03. The van der Waals surface area contributed by atoms with E-state index in [1.54, 1.807) is 14.1 Å². The van der Waals surface area contributed by atoms with E-state index in [-0.39, 0.29) is 48.6 Å². The van der Waals surface area contributed by atoms with Gasteiger partial charge in [-0.3, -0.25) is 4.79 Å². The van der Waals surface area contributed by atoms with E-state index in [4.69, 9.17) is 16.3 Å². The van der Waals surface area contributed by atoms with Crippen LogP contribution in [-0.2, 0) is 9.53 Å². The maximum Gasteiger partial charge on any atom is 0.243 e. The van der Waals surface area contributed by atoms with Crippen LogP contribution < -0.4 is 10.6 Å². The zero-order chi connectivity index (χ0) is 18.9. The van der Waals surface area contributed by atoms with Crippen LogP contribution in [0.3, 0.4) is 0 Å². The molecule has 1 aromatic rings. The molecule has 2 N–H and O–H groups in total. The van der Waals surface area contributed by atoms with Crippen molar-refractivity contribution < 1.29 is 9.53 Å². The molecule has 2 unspecified atom stereocenters. The van der Waals surface area contributed by atoms with Crippen molar-refractivity contribution in [3.05, 3.63) is 34.9 Å². The van der Waals surface area contributed by atoms with Crippen molar-refractivity contribution in [1.82, 2.24) is 15.5 Å². The lowest BCUT2D eigenvalue weighted by molar-refractivity contribution is -0.127. The highest BCUT2D eigenvalue weighted by Crippen LogP contribution is 2.22. The van der Waals surface area contributed by atoms with Crippen LogP contribution in [0.5, 0.6) is 0 Å². The summed E-state index contributed by atoms with van der Waals surface area (Å²) in [5.74, 6) is 0.534. The van der Waals surface area contributed by atoms with Crippen LogP contribution in [0.4, 0.5) is 0 Å². The lowest BCUT2D eigenvalue weighted by atomic mass is 10.1. The number of nitrogens with one attached hydrogen (secondary N) is 2. The molecule has 1 saturated heterocycles. The topological polar surface area (TPSA) is 66.0 Å². The molecule has 0 spiro atoms. The highest BCUT2D eigenvalue weighted by molar-refractivity contribution is 14.0. The summed E-state index contributed by atoms with van der Waals surface area (Å²) in [6.07, 6.45) is 3.52. The van der Waals surface area contributed by atoms with Gasteiger partial charge in [0.15, 0.2) is 5.96 Å². The fourth-order valence-electron chi connectivity index (χ4n) is 2.73. The second kappa shape index (κ2) is 12.4. The third-order valence-electron chi connectivity index (χ3n) is 4.37. The van der Waals surface area contributed by atoms with E-state index >= 15 is 0 Å². The van der Waals surface area contributed by atoms with E-state index in [0.717, 1.165) is 25.0 Å². The van der Waals surface area contributed by atoms with Crippen molar-refractivity contribution in [1.29, 1.82) is 0 Å². The molecule has 1 aliphatic rings. The number of hydrogen-bond donors (Lipinski definition) is 2. The number of amides is 1. The molecule has 1 amide bonds. The van der Waals surface area contributed by atoms with Gasteiger partial charge in [0.2, 0.25) is 5.91 Å². The Hall–Kier alpha value is -1.06. The van der Waals surface area contributed by atoms with E-state index in [1.165, 1.54) is 11.3 Å². The Morgan fingerprint density at radius 3 is 2.74 bits per heavy atom. The number of hydrogen-bond acceptors (Lipinski definition) is 3. The lowest BCUT2D eigenvalue weighted by Gasteiger charge is -2.25. The molecule has 1 aliphatic heterocycles. The van der Waals surface area contributed by atoms with Crippen LogP contribution in [0.2, 0.25) is 5.02 Å². The number of guanidine groups is 1. The summed E-state index contributed by atoms with van der Waals surface area (Å²) in [7, 11) is 3.45. The highest BCUT2D eigenvalue weighted by atomic mass is 127. The zero-order valence-electron chi connectivity index (χ0n) is 16.2. The van der Waals surface area contributed by atoms with Gasteiger partial charge >= 0.3 is 0 Å². The molecule has 2 rings (SSSR count).